The molecule has 128 valence electrons. The smallest absolute Gasteiger partial charge is 0.245 e. The number of thiophene rings is 1. The van der Waals surface area contributed by atoms with E-state index in [4.69, 9.17) is 0 Å². The summed E-state index contributed by atoms with van der Waals surface area (Å²) in [5.41, 5.74) is 0. The first-order chi connectivity index (χ1) is 11.3. The minimum absolute atomic E-state index is 0.0832. The molecular formula is C18H29N3OS. The van der Waals surface area contributed by atoms with Crippen LogP contribution >= 0.6 is 11.3 Å². The zero-order chi connectivity index (χ0) is 16.1. The van der Waals surface area contributed by atoms with Crippen LogP contribution in [-0.2, 0) is 4.79 Å². The third-order valence-corrected chi connectivity index (χ3v) is 6.09. The Morgan fingerprint density at radius 3 is 2.74 bits per heavy atom. The molecule has 1 aromatic heterocycles. The van der Waals surface area contributed by atoms with Crippen molar-refractivity contribution in [2.75, 3.05) is 32.7 Å². The van der Waals surface area contributed by atoms with Crippen LogP contribution in [0.3, 0.4) is 0 Å². The van der Waals surface area contributed by atoms with Crippen molar-refractivity contribution >= 4 is 17.2 Å². The van der Waals surface area contributed by atoms with Crippen LogP contribution in [0.5, 0.6) is 0 Å². The summed E-state index contributed by atoms with van der Waals surface area (Å²) in [6, 6.07) is 4.58. The van der Waals surface area contributed by atoms with Crippen LogP contribution in [-0.4, -0.2) is 54.5 Å². The van der Waals surface area contributed by atoms with Gasteiger partial charge in [-0.05, 0) is 30.7 Å². The maximum absolute atomic E-state index is 13.4. The first-order valence-electron chi connectivity index (χ1n) is 9.10. The van der Waals surface area contributed by atoms with Crippen molar-refractivity contribution in [1.82, 2.24) is 15.1 Å². The summed E-state index contributed by atoms with van der Waals surface area (Å²) < 4.78 is 0. The molecule has 0 radical (unpaired) electrons. The predicted octanol–water partition coefficient (Wildman–Crippen LogP) is 2.88. The van der Waals surface area contributed by atoms with Crippen LogP contribution in [0, 0.1) is 0 Å². The molecule has 0 aromatic carbocycles. The van der Waals surface area contributed by atoms with Crippen molar-refractivity contribution in [3.8, 4) is 0 Å². The second-order valence-electron chi connectivity index (χ2n) is 6.66. The van der Waals surface area contributed by atoms with Crippen molar-refractivity contribution in [1.29, 1.82) is 0 Å². The summed E-state index contributed by atoms with van der Waals surface area (Å²) in [5, 5.41) is 5.58. The molecule has 0 bridgehead atoms. The number of likely N-dealkylation sites (tertiary alicyclic amines) is 1. The zero-order valence-electron chi connectivity index (χ0n) is 14.2. The molecule has 2 aliphatic rings. The van der Waals surface area contributed by atoms with Crippen LogP contribution in [0.1, 0.15) is 49.9 Å². The number of nitrogens with zero attached hydrogens (tertiary/aromatic N) is 2. The Hall–Kier alpha value is -0.910. The molecule has 2 fully saturated rings. The van der Waals surface area contributed by atoms with E-state index in [1.165, 1.54) is 17.7 Å². The fourth-order valence-corrected chi connectivity index (χ4v) is 4.67. The Labute approximate surface area is 143 Å². The van der Waals surface area contributed by atoms with Crippen LogP contribution in [0.15, 0.2) is 17.5 Å². The van der Waals surface area contributed by atoms with Crippen molar-refractivity contribution in [2.24, 2.45) is 0 Å². The first kappa shape index (κ1) is 16.9. The zero-order valence-corrected chi connectivity index (χ0v) is 15.0. The molecule has 0 spiro atoms. The molecule has 23 heavy (non-hydrogen) atoms. The van der Waals surface area contributed by atoms with E-state index in [1.54, 1.807) is 11.3 Å². The molecule has 2 atom stereocenters. The Morgan fingerprint density at radius 2 is 2.09 bits per heavy atom. The number of hydrogen-bond donors (Lipinski definition) is 1. The Bertz CT molecular complexity index is 482. The molecule has 3 heterocycles. The van der Waals surface area contributed by atoms with Crippen LogP contribution < -0.4 is 5.32 Å². The van der Waals surface area contributed by atoms with Gasteiger partial charge in [0, 0.05) is 43.6 Å². The lowest BCUT2D eigenvalue weighted by molar-refractivity contribution is -0.138. The fourth-order valence-electron chi connectivity index (χ4n) is 3.83. The van der Waals surface area contributed by atoms with Gasteiger partial charge in [0.15, 0.2) is 0 Å². The van der Waals surface area contributed by atoms with Crippen LogP contribution in [0.2, 0.25) is 0 Å². The molecule has 2 aliphatic heterocycles. The maximum atomic E-state index is 13.4. The van der Waals surface area contributed by atoms with E-state index in [0.717, 1.165) is 52.0 Å². The number of hydrogen-bond acceptors (Lipinski definition) is 4. The predicted molar refractivity (Wildman–Crippen MR) is 95.8 cm³/mol. The van der Waals surface area contributed by atoms with E-state index in [1.807, 2.05) is 0 Å². The van der Waals surface area contributed by atoms with Gasteiger partial charge < -0.3 is 10.2 Å². The van der Waals surface area contributed by atoms with Gasteiger partial charge in [-0.15, -0.1) is 11.3 Å². The van der Waals surface area contributed by atoms with Crippen LogP contribution in [0.25, 0.3) is 0 Å². The van der Waals surface area contributed by atoms with Gasteiger partial charge in [0.1, 0.15) is 6.04 Å². The van der Waals surface area contributed by atoms with E-state index in [0.29, 0.717) is 11.9 Å². The molecule has 4 nitrogen and oxygen atoms in total. The highest BCUT2D eigenvalue weighted by molar-refractivity contribution is 7.10. The summed E-state index contributed by atoms with van der Waals surface area (Å²) in [4.78, 5) is 19.2. The average molecular weight is 336 g/mol. The quantitative estimate of drug-likeness (QED) is 0.919. The van der Waals surface area contributed by atoms with Gasteiger partial charge in [-0.3, -0.25) is 9.69 Å². The summed E-state index contributed by atoms with van der Waals surface area (Å²) in [6.07, 6.45) is 5.92. The number of carbonyl (C=O) groups excluding carboxylic acids is 1. The van der Waals surface area contributed by atoms with E-state index in [2.05, 4.69) is 39.6 Å². The molecule has 0 aliphatic carbocycles. The fraction of sp³-hybridized carbons (Fsp3) is 0.722. The van der Waals surface area contributed by atoms with Gasteiger partial charge in [-0.2, -0.15) is 0 Å². The Kier molecular flexibility index (Phi) is 6.08. The van der Waals surface area contributed by atoms with Gasteiger partial charge >= 0.3 is 0 Å². The van der Waals surface area contributed by atoms with Gasteiger partial charge in [0.25, 0.3) is 0 Å². The lowest BCUT2D eigenvalue weighted by Gasteiger charge is -2.41. The van der Waals surface area contributed by atoms with Gasteiger partial charge in [0.2, 0.25) is 5.91 Å². The molecule has 5 heteroatoms. The number of amides is 1. The summed E-state index contributed by atoms with van der Waals surface area (Å²) in [6.45, 7) is 7.03. The van der Waals surface area contributed by atoms with E-state index < -0.39 is 0 Å². The molecule has 1 aromatic rings. The highest BCUT2D eigenvalue weighted by Gasteiger charge is 2.36. The molecule has 2 saturated heterocycles. The summed E-state index contributed by atoms with van der Waals surface area (Å²) in [5.74, 6) is 0.328. The first-order valence-corrected chi connectivity index (χ1v) is 9.98. The SMILES string of the molecule is CCC1CNCCN1C(C(=O)N1CCCCCC1)c1cccs1. The number of nitrogens with one attached hydrogen (secondary N) is 1. The third-order valence-electron chi connectivity index (χ3n) is 5.16. The highest BCUT2D eigenvalue weighted by Crippen LogP contribution is 2.31. The van der Waals surface area contributed by atoms with Crippen molar-refractivity contribution in [3.63, 3.8) is 0 Å². The highest BCUT2D eigenvalue weighted by atomic mass is 32.1. The molecule has 0 saturated carbocycles. The van der Waals surface area contributed by atoms with Crippen molar-refractivity contribution < 1.29 is 4.79 Å². The molecule has 2 unspecified atom stereocenters. The Balaban J connectivity index is 1.84. The molecule has 3 rings (SSSR count). The van der Waals surface area contributed by atoms with Gasteiger partial charge in [0.05, 0.1) is 0 Å². The second-order valence-corrected chi connectivity index (χ2v) is 7.64. The average Bonchev–Trinajstić information content (AvgIpc) is 2.96. The van der Waals surface area contributed by atoms with Gasteiger partial charge in [-0.1, -0.05) is 25.8 Å². The summed E-state index contributed by atoms with van der Waals surface area (Å²) in [7, 11) is 0. The van der Waals surface area contributed by atoms with E-state index >= 15 is 0 Å². The van der Waals surface area contributed by atoms with E-state index in [-0.39, 0.29) is 6.04 Å². The molecular weight excluding hydrogens is 306 g/mol. The topological polar surface area (TPSA) is 35.6 Å². The number of carbonyl (C=O) groups is 1. The number of rotatable bonds is 4. The minimum atomic E-state index is -0.0832. The minimum Gasteiger partial charge on any atom is -0.341 e. The standard InChI is InChI=1S/C18H29N3OS/c1-2-15-14-19-9-12-21(15)17(16-8-7-13-23-16)18(22)20-10-5-3-4-6-11-20/h7-8,13,15,17,19H,2-6,9-12,14H2,1H3. The summed E-state index contributed by atoms with van der Waals surface area (Å²) >= 11 is 1.73. The van der Waals surface area contributed by atoms with Crippen molar-refractivity contribution in [2.45, 2.75) is 51.1 Å². The molecule has 1 amide bonds. The Morgan fingerprint density at radius 1 is 1.30 bits per heavy atom. The molecule has 1 N–H and O–H groups in total. The third kappa shape index (κ3) is 3.95. The largest absolute Gasteiger partial charge is 0.341 e. The van der Waals surface area contributed by atoms with Crippen molar-refractivity contribution in [3.05, 3.63) is 22.4 Å². The van der Waals surface area contributed by atoms with Gasteiger partial charge in [-0.25, -0.2) is 0 Å². The second kappa shape index (κ2) is 8.27. The monoisotopic (exact) mass is 335 g/mol. The normalized spacial score (nSPS) is 25.1. The van der Waals surface area contributed by atoms with E-state index in [9.17, 15) is 4.79 Å². The van der Waals surface area contributed by atoms with Crippen LogP contribution in [0.4, 0.5) is 0 Å². The lowest BCUT2D eigenvalue weighted by Crippen LogP contribution is -2.55. The lowest BCUT2D eigenvalue weighted by atomic mass is 10.0. The maximum Gasteiger partial charge on any atom is 0.245 e. The number of piperazine rings is 1.